The Labute approximate surface area is 228 Å². The highest BCUT2D eigenvalue weighted by Crippen LogP contribution is 2.34. The van der Waals surface area contributed by atoms with Crippen molar-refractivity contribution in [1.29, 1.82) is 0 Å². The molecule has 1 N–H and O–H groups in total. The molecule has 0 aromatic heterocycles. The smallest absolute Gasteiger partial charge is 0.285 e. The molecule has 2 aromatic rings. The maximum atomic E-state index is 13.0. The van der Waals surface area contributed by atoms with Gasteiger partial charge in [-0.25, -0.2) is 0 Å². The van der Waals surface area contributed by atoms with Gasteiger partial charge >= 0.3 is 0 Å². The third-order valence-corrected chi connectivity index (χ3v) is 6.95. The van der Waals surface area contributed by atoms with Crippen LogP contribution >= 0.6 is 35.6 Å². The largest absolute Gasteiger partial charge is 0.490 e. The summed E-state index contributed by atoms with van der Waals surface area (Å²) in [6, 6.07) is 11.4. The minimum atomic E-state index is -0.485. The number of carbonyl (C=O) groups excluding carboxylic acids is 3. The molecule has 3 amide bonds. The van der Waals surface area contributed by atoms with Crippen LogP contribution in [0.3, 0.4) is 0 Å². The molecule has 0 spiro atoms. The minimum absolute atomic E-state index is 0.120. The van der Waals surface area contributed by atoms with Crippen LogP contribution in [0.25, 0.3) is 6.08 Å². The Morgan fingerprint density at radius 1 is 1.14 bits per heavy atom. The number of hydrogen-bond donors (Lipinski definition) is 1. The van der Waals surface area contributed by atoms with Crippen LogP contribution in [0.5, 0.6) is 11.5 Å². The van der Waals surface area contributed by atoms with E-state index in [1.807, 2.05) is 6.92 Å². The van der Waals surface area contributed by atoms with Crippen molar-refractivity contribution in [3.63, 3.8) is 0 Å². The minimum Gasteiger partial charge on any atom is -0.490 e. The average Bonchev–Trinajstić information content (AvgIpc) is 3.16. The Bertz CT molecular complexity index is 1230. The molecule has 0 bridgehead atoms. The molecule has 4 rings (SSSR count). The number of ether oxygens (including phenoxy) is 3. The highest BCUT2D eigenvalue weighted by molar-refractivity contribution is 8.26. The molecule has 37 heavy (non-hydrogen) atoms. The van der Waals surface area contributed by atoms with E-state index in [1.54, 1.807) is 53.4 Å². The Kier molecular flexibility index (Phi) is 9.04. The number of halogens is 1. The van der Waals surface area contributed by atoms with Gasteiger partial charge < -0.3 is 19.1 Å². The molecule has 0 radical (unpaired) electrons. The summed E-state index contributed by atoms with van der Waals surface area (Å²) in [5.41, 5.74) is 3.54. The van der Waals surface area contributed by atoms with Gasteiger partial charge in [0.25, 0.3) is 17.7 Å². The molecular weight excluding hydrogens is 538 g/mol. The molecule has 2 aliphatic heterocycles. The summed E-state index contributed by atoms with van der Waals surface area (Å²) in [6.45, 7) is 4.21. The first-order valence-electron chi connectivity index (χ1n) is 11.5. The number of morpholine rings is 1. The molecule has 0 unspecified atom stereocenters. The average molecular weight is 562 g/mol. The number of hydrogen-bond acceptors (Lipinski definition) is 8. The van der Waals surface area contributed by atoms with Gasteiger partial charge in [-0.1, -0.05) is 29.4 Å². The van der Waals surface area contributed by atoms with E-state index in [0.717, 1.165) is 16.8 Å². The molecule has 2 aliphatic rings. The molecule has 2 aromatic carbocycles. The summed E-state index contributed by atoms with van der Waals surface area (Å²) in [4.78, 5) is 39.9. The molecule has 12 heteroatoms. The fourth-order valence-corrected chi connectivity index (χ4v) is 4.83. The van der Waals surface area contributed by atoms with Crippen molar-refractivity contribution in [2.75, 3.05) is 39.5 Å². The van der Waals surface area contributed by atoms with Gasteiger partial charge in [0.2, 0.25) is 0 Å². The zero-order valence-corrected chi connectivity index (χ0v) is 22.3. The third-order valence-electron chi connectivity index (χ3n) is 5.39. The topological polar surface area (TPSA) is 97.4 Å². The van der Waals surface area contributed by atoms with Crippen LogP contribution in [0.4, 0.5) is 0 Å². The Morgan fingerprint density at radius 2 is 1.86 bits per heavy atom. The second-order valence-electron chi connectivity index (χ2n) is 7.89. The molecule has 0 saturated carbocycles. The van der Waals surface area contributed by atoms with Gasteiger partial charge in [-0.3, -0.25) is 19.8 Å². The molecule has 0 aliphatic carbocycles. The lowest BCUT2D eigenvalue weighted by atomic mass is 10.2. The van der Waals surface area contributed by atoms with E-state index >= 15 is 0 Å². The fraction of sp³-hybridized carbons (Fsp3) is 0.280. The zero-order valence-electron chi connectivity index (χ0n) is 19.9. The molecule has 2 saturated heterocycles. The maximum Gasteiger partial charge on any atom is 0.285 e. The van der Waals surface area contributed by atoms with Gasteiger partial charge in [-0.05, 0) is 67.2 Å². The second-order valence-corrected chi connectivity index (χ2v) is 10.00. The first-order valence-corrected chi connectivity index (χ1v) is 13.1. The maximum absolute atomic E-state index is 13.0. The van der Waals surface area contributed by atoms with Gasteiger partial charge in [0.05, 0.1) is 24.7 Å². The van der Waals surface area contributed by atoms with Crippen molar-refractivity contribution in [1.82, 2.24) is 15.3 Å². The first-order chi connectivity index (χ1) is 17.9. The van der Waals surface area contributed by atoms with Gasteiger partial charge in [0.1, 0.15) is 0 Å². The molecule has 2 fully saturated rings. The molecule has 0 atom stereocenters. The van der Waals surface area contributed by atoms with Gasteiger partial charge in [0.15, 0.2) is 22.4 Å². The number of thiocarbonyl (C=S) groups is 1. The van der Waals surface area contributed by atoms with Crippen LogP contribution in [0.15, 0.2) is 47.4 Å². The molecular formula is C25H24ClN3O6S2. The van der Waals surface area contributed by atoms with Crippen molar-refractivity contribution in [2.45, 2.75) is 6.92 Å². The van der Waals surface area contributed by atoms with Gasteiger partial charge in [-0.15, -0.1) is 0 Å². The normalized spacial score (nSPS) is 16.8. The van der Waals surface area contributed by atoms with Gasteiger partial charge in [-0.2, -0.15) is 5.01 Å². The summed E-state index contributed by atoms with van der Waals surface area (Å²) in [5.74, 6) is -0.201. The van der Waals surface area contributed by atoms with Crippen LogP contribution in [0, 0.1) is 0 Å². The van der Waals surface area contributed by atoms with Crippen molar-refractivity contribution in [3.05, 3.63) is 63.5 Å². The molecule has 2 heterocycles. The zero-order chi connectivity index (χ0) is 26.4. The highest BCUT2D eigenvalue weighted by atomic mass is 35.5. The summed E-state index contributed by atoms with van der Waals surface area (Å²) >= 11 is 12.2. The Balaban J connectivity index is 1.44. The van der Waals surface area contributed by atoms with Crippen molar-refractivity contribution in [2.24, 2.45) is 0 Å². The van der Waals surface area contributed by atoms with E-state index < -0.39 is 11.8 Å². The molecule has 194 valence electrons. The lowest BCUT2D eigenvalue weighted by molar-refractivity contribution is -0.137. The number of hydrazine groups is 1. The summed E-state index contributed by atoms with van der Waals surface area (Å²) in [6.07, 6.45) is 1.65. The number of nitrogens with zero attached hydrogens (tertiary/aromatic N) is 2. The Morgan fingerprint density at radius 3 is 2.57 bits per heavy atom. The predicted octanol–water partition coefficient (Wildman–Crippen LogP) is 3.52. The van der Waals surface area contributed by atoms with E-state index in [2.05, 4.69) is 5.43 Å². The van der Waals surface area contributed by atoms with Crippen molar-refractivity contribution >= 4 is 63.7 Å². The number of nitrogens with one attached hydrogen (secondary N) is 1. The lowest BCUT2D eigenvalue weighted by Crippen LogP contribution is -2.44. The van der Waals surface area contributed by atoms with Crippen LogP contribution in [-0.2, 0) is 14.3 Å². The SMILES string of the molecule is CCOc1cc(/C=C2\SC(=S)N(NC(=O)c3ccc(Cl)cc3)C2=O)ccc1OCC(=O)N1CCOCC1. The number of rotatable bonds is 8. The monoisotopic (exact) mass is 561 g/mol. The molecule has 9 nitrogen and oxygen atoms in total. The van der Waals surface area contributed by atoms with E-state index in [1.165, 1.54) is 0 Å². The fourth-order valence-electron chi connectivity index (χ4n) is 3.53. The van der Waals surface area contributed by atoms with Gasteiger partial charge in [0, 0.05) is 23.7 Å². The quantitative estimate of drug-likeness (QED) is 0.386. The summed E-state index contributed by atoms with van der Waals surface area (Å²) in [5, 5.41) is 1.54. The van der Waals surface area contributed by atoms with Crippen molar-refractivity contribution < 1.29 is 28.6 Å². The van der Waals surface area contributed by atoms with E-state index in [-0.39, 0.29) is 16.8 Å². The highest BCUT2D eigenvalue weighted by Gasteiger charge is 2.34. The summed E-state index contributed by atoms with van der Waals surface area (Å²) in [7, 11) is 0. The first kappa shape index (κ1) is 26.9. The summed E-state index contributed by atoms with van der Waals surface area (Å²) < 4.78 is 16.9. The van der Waals surface area contributed by atoms with Crippen molar-refractivity contribution in [3.8, 4) is 11.5 Å². The van der Waals surface area contributed by atoms with Crippen LogP contribution in [0.1, 0.15) is 22.8 Å². The standard InChI is InChI=1S/C25H24ClN3O6S2/c1-2-34-20-13-16(3-8-19(20)35-15-22(30)28-9-11-33-12-10-28)14-21-24(32)29(25(36)37-21)27-23(31)17-4-6-18(26)7-5-17/h3-8,13-14H,2,9-12,15H2,1H3,(H,27,31)/b21-14-. The van der Waals surface area contributed by atoms with Crippen LogP contribution in [-0.4, -0.2) is 71.5 Å². The van der Waals surface area contributed by atoms with E-state index in [4.69, 9.17) is 38.0 Å². The number of thioether (sulfide) groups is 1. The Hall–Kier alpha value is -3.12. The van der Waals surface area contributed by atoms with Crippen LogP contribution in [0.2, 0.25) is 5.02 Å². The van der Waals surface area contributed by atoms with E-state index in [0.29, 0.717) is 65.5 Å². The lowest BCUT2D eigenvalue weighted by Gasteiger charge is -2.26. The van der Waals surface area contributed by atoms with Crippen LogP contribution < -0.4 is 14.9 Å². The second kappa shape index (κ2) is 12.4. The number of amides is 3. The predicted molar refractivity (Wildman–Crippen MR) is 144 cm³/mol. The number of benzene rings is 2. The third kappa shape index (κ3) is 6.80. The van der Waals surface area contributed by atoms with E-state index in [9.17, 15) is 14.4 Å². The number of carbonyl (C=O) groups is 3.